The van der Waals surface area contributed by atoms with E-state index < -0.39 is 0 Å². The maximum Gasteiger partial charge on any atom is 0.227 e. The molecule has 0 unspecified atom stereocenters. The summed E-state index contributed by atoms with van der Waals surface area (Å²) in [6.07, 6.45) is 4.50. The van der Waals surface area contributed by atoms with Gasteiger partial charge in [-0.25, -0.2) is 0 Å². The van der Waals surface area contributed by atoms with Crippen LogP contribution < -0.4 is 5.32 Å². The van der Waals surface area contributed by atoms with Crippen LogP contribution in [0.3, 0.4) is 0 Å². The number of hydrogen-bond acceptors (Lipinski definition) is 4. The van der Waals surface area contributed by atoms with Crippen molar-refractivity contribution in [1.82, 2.24) is 15.5 Å². The van der Waals surface area contributed by atoms with Crippen LogP contribution in [0.5, 0.6) is 0 Å². The molecule has 1 N–H and O–H groups in total. The number of aryl methyl sites for hydroxylation is 1. The predicted molar refractivity (Wildman–Crippen MR) is 65.6 cm³/mol. The van der Waals surface area contributed by atoms with Gasteiger partial charge >= 0.3 is 0 Å². The first-order valence-corrected chi connectivity index (χ1v) is 5.95. The Bertz CT molecular complexity index is 400. The summed E-state index contributed by atoms with van der Waals surface area (Å²) in [5.41, 5.74) is 1.39. The minimum Gasteiger partial charge on any atom is -0.340 e. The van der Waals surface area contributed by atoms with Crippen LogP contribution in [0, 0.1) is 0 Å². The second-order valence-electron chi connectivity index (χ2n) is 3.92. The number of benzene rings is 1. The molecule has 2 aromatic rings. The van der Waals surface area contributed by atoms with Crippen LogP contribution in [-0.4, -0.2) is 23.2 Å². The van der Waals surface area contributed by atoms with Crippen molar-refractivity contribution in [1.29, 1.82) is 0 Å². The molecule has 0 bridgehead atoms. The fraction of sp³-hybridized carbons (Fsp3) is 0.385. The van der Waals surface area contributed by atoms with Gasteiger partial charge in [-0.05, 0) is 24.9 Å². The SMILES string of the molecule is c1ccc(CCCNCCc2ncno2)cc1. The largest absolute Gasteiger partial charge is 0.340 e. The van der Waals surface area contributed by atoms with Gasteiger partial charge in [0.25, 0.3) is 0 Å². The van der Waals surface area contributed by atoms with Crippen molar-refractivity contribution in [2.45, 2.75) is 19.3 Å². The first-order chi connectivity index (χ1) is 8.45. The van der Waals surface area contributed by atoms with E-state index in [0.717, 1.165) is 32.4 Å². The van der Waals surface area contributed by atoms with Gasteiger partial charge in [0.1, 0.15) is 0 Å². The Kier molecular flexibility index (Phi) is 4.72. The van der Waals surface area contributed by atoms with Crippen molar-refractivity contribution in [2.75, 3.05) is 13.1 Å². The summed E-state index contributed by atoms with van der Waals surface area (Å²) < 4.78 is 4.91. The third kappa shape index (κ3) is 4.36. The summed E-state index contributed by atoms with van der Waals surface area (Å²) in [4.78, 5) is 3.96. The second-order valence-corrected chi connectivity index (χ2v) is 3.92. The molecular formula is C13H17N3O. The maximum absolute atomic E-state index is 4.91. The number of nitrogens with one attached hydrogen (secondary N) is 1. The van der Waals surface area contributed by atoms with Crippen molar-refractivity contribution in [2.24, 2.45) is 0 Å². The summed E-state index contributed by atoms with van der Waals surface area (Å²) in [6.45, 7) is 1.90. The Morgan fingerprint density at radius 1 is 1.06 bits per heavy atom. The van der Waals surface area contributed by atoms with Crippen LogP contribution in [0.4, 0.5) is 0 Å². The van der Waals surface area contributed by atoms with Crippen molar-refractivity contribution < 1.29 is 4.52 Å². The van der Waals surface area contributed by atoms with Crippen LogP contribution in [0.2, 0.25) is 0 Å². The van der Waals surface area contributed by atoms with E-state index in [-0.39, 0.29) is 0 Å². The molecule has 0 radical (unpaired) electrons. The molecule has 0 atom stereocenters. The average Bonchev–Trinajstić information content (AvgIpc) is 2.88. The summed E-state index contributed by atoms with van der Waals surface area (Å²) in [5.74, 6) is 0.695. The summed E-state index contributed by atoms with van der Waals surface area (Å²) in [5, 5.41) is 6.93. The molecule has 0 aliphatic heterocycles. The average molecular weight is 231 g/mol. The molecule has 0 aliphatic rings. The van der Waals surface area contributed by atoms with Crippen molar-refractivity contribution >= 4 is 0 Å². The van der Waals surface area contributed by atoms with Gasteiger partial charge in [-0.3, -0.25) is 0 Å². The molecule has 0 fully saturated rings. The molecule has 1 heterocycles. The standard InChI is InChI=1S/C13H17N3O/c1-2-5-12(6-3-1)7-4-9-14-10-8-13-15-11-16-17-13/h1-3,5-6,11,14H,4,7-10H2. The van der Waals surface area contributed by atoms with E-state index in [1.165, 1.54) is 11.9 Å². The first kappa shape index (κ1) is 11.8. The van der Waals surface area contributed by atoms with E-state index in [1.54, 1.807) is 0 Å². The molecule has 4 heteroatoms. The summed E-state index contributed by atoms with van der Waals surface area (Å²) >= 11 is 0. The molecule has 2 rings (SSSR count). The van der Waals surface area contributed by atoms with Gasteiger partial charge in [-0.1, -0.05) is 35.5 Å². The molecule has 1 aromatic carbocycles. The number of nitrogens with zero attached hydrogens (tertiary/aromatic N) is 2. The van der Waals surface area contributed by atoms with E-state index in [9.17, 15) is 0 Å². The smallest absolute Gasteiger partial charge is 0.227 e. The van der Waals surface area contributed by atoms with Gasteiger partial charge in [0.2, 0.25) is 5.89 Å². The normalized spacial score (nSPS) is 10.6. The monoisotopic (exact) mass is 231 g/mol. The topological polar surface area (TPSA) is 51.0 Å². The summed E-state index contributed by atoms with van der Waals surface area (Å²) in [6, 6.07) is 10.5. The molecule has 0 saturated carbocycles. The number of hydrogen-bond donors (Lipinski definition) is 1. The highest BCUT2D eigenvalue weighted by molar-refractivity contribution is 5.14. The lowest BCUT2D eigenvalue weighted by atomic mass is 10.1. The van der Waals surface area contributed by atoms with E-state index in [1.807, 2.05) is 6.07 Å². The van der Waals surface area contributed by atoms with Gasteiger partial charge in [0.15, 0.2) is 6.33 Å². The minimum absolute atomic E-state index is 0.695. The van der Waals surface area contributed by atoms with E-state index in [0.29, 0.717) is 5.89 Å². The molecule has 17 heavy (non-hydrogen) atoms. The maximum atomic E-state index is 4.91. The van der Waals surface area contributed by atoms with Gasteiger partial charge in [-0.15, -0.1) is 0 Å². The molecule has 0 spiro atoms. The van der Waals surface area contributed by atoms with Crippen LogP contribution in [-0.2, 0) is 12.8 Å². The van der Waals surface area contributed by atoms with Crippen LogP contribution >= 0.6 is 0 Å². The zero-order chi connectivity index (χ0) is 11.8. The molecule has 90 valence electrons. The Balaban J connectivity index is 1.52. The van der Waals surface area contributed by atoms with Crippen LogP contribution in [0.15, 0.2) is 41.2 Å². The van der Waals surface area contributed by atoms with Gasteiger partial charge < -0.3 is 9.84 Å². The van der Waals surface area contributed by atoms with Gasteiger partial charge in [0, 0.05) is 13.0 Å². The molecule has 4 nitrogen and oxygen atoms in total. The van der Waals surface area contributed by atoms with E-state index >= 15 is 0 Å². The second kappa shape index (κ2) is 6.81. The Morgan fingerprint density at radius 2 is 1.94 bits per heavy atom. The highest BCUT2D eigenvalue weighted by Crippen LogP contribution is 2.01. The van der Waals surface area contributed by atoms with Crippen molar-refractivity contribution in [3.05, 3.63) is 48.1 Å². The quantitative estimate of drug-likeness (QED) is 0.739. The summed E-state index contributed by atoms with van der Waals surface area (Å²) in [7, 11) is 0. The Morgan fingerprint density at radius 3 is 2.71 bits per heavy atom. The van der Waals surface area contributed by atoms with Crippen LogP contribution in [0.1, 0.15) is 17.9 Å². The highest BCUT2D eigenvalue weighted by Gasteiger charge is 1.97. The Labute approximate surface area is 101 Å². The highest BCUT2D eigenvalue weighted by atomic mass is 16.5. The molecule has 0 aliphatic carbocycles. The minimum atomic E-state index is 0.695. The third-order valence-corrected chi connectivity index (χ3v) is 2.58. The van der Waals surface area contributed by atoms with Crippen LogP contribution in [0.25, 0.3) is 0 Å². The zero-order valence-corrected chi connectivity index (χ0v) is 9.80. The predicted octanol–water partition coefficient (Wildman–Crippen LogP) is 1.83. The lowest BCUT2D eigenvalue weighted by Crippen LogP contribution is -2.19. The zero-order valence-electron chi connectivity index (χ0n) is 9.80. The third-order valence-electron chi connectivity index (χ3n) is 2.58. The van der Waals surface area contributed by atoms with E-state index in [4.69, 9.17) is 4.52 Å². The molecular weight excluding hydrogens is 214 g/mol. The van der Waals surface area contributed by atoms with Crippen molar-refractivity contribution in [3.63, 3.8) is 0 Å². The Hall–Kier alpha value is -1.68. The lowest BCUT2D eigenvalue weighted by Gasteiger charge is -2.03. The van der Waals surface area contributed by atoms with Crippen molar-refractivity contribution in [3.8, 4) is 0 Å². The first-order valence-electron chi connectivity index (χ1n) is 5.95. The fourth-order valence-corrected chi connectivity index (χ4v) is 1.69. The molecule has 1 aromatic heterocycles. The molecule has 0 saturated heterocycles. The fourth-order valence-electron chi connectivity index (χ4n) is 1.69. The number of aromatic nitrogens is 2. The lowest BCUT2D eigenvalue weighted by molar-refractivity contribution is 0.375. The van der Waals surface area contributed by atoms with Gasteiger partial charge in [0.05, 0.1) is 0 Å². The van der Waals surface area contributed by atoms with Gasteiger partial charge in [-0.2, -0.15) is 4.98 Å². The van der Waals surface area contributed by atoms with E-state index in [2.05, 4.69) is 39.7 Å². The molecule has 0 amide bonds. The number of rotatable bonds is 7.